The van der Waals surface area contributed by atoms with Crippen LogP contribution in [0.1, 0.15) is 284 Å². The topological polar surface area (TPSA) is 108 Å². The number of nitrogens with zero attached hydrogens (tertiary/aromatic N) is 1. The molecule has 0 aliphatic rings. The van der Waals surface area contributed by atoms with Crippen LogP contribution >= 0.6 is 7.82 Å². The molecular formula is C72H127NO8P+. The third kappa shape index (κ3) is 65.8. The van der Waals surface area contributed by atoms with Gasteiger partial charge in [-0.2, -0.15) is 0 Å². The first-order chi connectivity index (χ1) is 40.0. The average Bonchev–Trinajstić information content (AvgIpc) is 3.46. The number of carbonyl (C=O) groups is 2. The highest BCUT2D eigenvalue weighted by Gasteiger charge is 2.27. The number of unbranched alkanes of at least 4 members (excludes halogenated alkanes) is 29. The zero-order chi connectivity index (χ0) is 59.8. The molecule has 0 spiro atoms. The lowest BCUT2D eigenvalue weighted by atomic mass is 10.0. The summed E-state index contributed by atoms with van der Waals surface area (Å²) in [6, 6.07) is 0. The van der Waals surface area contributed by atoms with Crippen molar-refractivity contribution in [3.63, 3.8) is 0 Å². The molecule has 472 valence electrons. The summed E-state index contributed by atoms with van der Waals surface area (Å²) >= 11 is 0. The molecule has 10 heteroatoms. The number of hydrogen-bond donors (Lipinski definition) is 1. The van der Waals surface area contributed by atoms with E-state index in [1.54, 1.807) is 0 Å². The zero-order valence-corrected chi connectivity index (χ0v) is 54.6. The molecule has 0 rings (SSSR count). The van der Waals surface area contributed by atoms with Crippen molar-refractivity contribution >= 4 is 19.8 Å². The van der Waals surface area contributed by atoms with Crippen LogP contribution in [0.2, 0.25) is 0 Å². The summed E-state index contributed by atoms with van der Waals surface area (Å²) in [5.41, 5.74) is 0. The van der Waals surface area contributed by atoms with E-state index in [2.05, 4.69) is 123 Å². The summed E-state index contributed by atoms with van der Waals surface area (Å²) in [6.07, 6.45) is 87.8. The van der Waals surface area contributed by atoms with Crippen LogP contribution in [0.4, 0.5) is 0 Å². The van der Waals surface area contributed by atoms with Gasteiger partial charge in [0.15, 0.2) is 6.10 Å². The summed E-state index contributed by atoms with van der Waals surface area (Å²) in [5, 5.41) is 0. The number of phosphoric ester groups is 1. The van der Waals surface area contributed by atoms with Crippen LogP contribution < -0.4 is 0 Å². The lowest BCUT2D eigenvalue weighted by Gasteiger charge is -2.24. The van der Waals surface area contributed by atoms with Gasteiger partial charge in [-0.15, -0.1) is 0 Å². The van der Waals surface area contributed by atoms with E-state index >= 15 is 0 Å². The van der Waals surface area contributed by atoms with Crippen molar-refractivity contribution < 1.29 is 42.1 Å². The number of rotatable bonds is 61. The highest BCUT2D eigenvalue weighted by Crippen LogP contribution is 2.43. The van der Waals surface area contributed by atoms with Crippen molar-refractivity contribution in [2.24, 2.45) is 0 Å². The summed E-state index contributed by atoms with van der Waals surface area (Å²) < 4.78 is 34.6. The first-order valence-corrected chi connectivity index (χ1v) is 35.1. The van der Waals surface area contributed by atoms with E-state index in [1.807, 2.05) is 21.1 Å². The Morgan fingerprint density at radius 3 is 0.988 bits per heavy atom. The van der Waals surface area contributed by atoms with Gasteiger partial charge in [0, 0.05) is 12.8 Å². The van der Waals surface area contributed by atoms with E-state index in [1.165, 1.54) is 154 Å². The van der Waals surface area contributed by atoms with Gasteiger partial charge in [-0.05, 0) is 96.3 Å². The first kappa shape index (κ1) is 78.7. The third-order valence-corrected chi connectivity index (χ3v) is 15.3. The van der Waals surface area contributed by atoms with Gasteiger partial charge < -0.3 is 18.9 Å². The maximum absolute atomic E-state index is 12.8. The molecule has 0 saturated heterocycles. The Kier molecular flexibility index (Phi) is 59.7. The number of allylic oxidation sites excluding steroid dienone is 18. The molecule has 0 aromatic rings. The molecule has 0 saturated carbocycles. The smallest absolute Gasteiger partial charge is 0.462 e. The van der Waals surface area contributed by atoms with Gasteiger partial charge in [0.2, 0.25) is 0 Å². The van der Waals surface area contributed by atoms with Crippen LogP contribution in [0.3, 0.4) is 0 Å². The monoisotopic (exact) mass is 1160 g/mol. The van der Waals surface area contributed by atoms with Gasteiger partial charge >= 0.3 is 19.8 Å². The quantitative estimate of drug-likeness (QED) is 0.0211. The molecule has 2 unspecified atom stereocenters. The Morgan fingerprint density at radius 1 is 0.378 bits per heavy atom. The molecule has 1 N–H and O–H groups in total. The molecule has 0 aliphatic carbocycles. The Hall–Kier alpha value is -3.33. The van der Waals surface area contributed by atoms with E-state index in [9.17, 15) is 19.0 Å². The summed E-state index contributed by atoms with van der Waals surface area (Å²) in [6.45, 7) is 4.18. The number of likely N-dealkylation sites (N-methyl/N-ethyl adjacent to an activating group) is 1. The molecule has 0 heterocycles. The van der Waals surface area contributed by atoms with E-state index in [0.717, 1.165) is 96.3 Å². The minimum absolute atomic E-state index is 0.0217. The molecule has 82 heavy (non-hydrogen) atoms. The maximum Gasteiger partial charge on any atom is 0.472 e. The Balaban J connectivity index is 3.96. The largest absolute Gasteiger partial charge is 0.472 e. The highest BCUT2D eigenvalue weighted by atomic mass is 31.2. The highest BCUT2D eigenvalue weighted by molar-refractivity contribution is 7.47. The number of ether oxygens (including phenoxy) is 2. The molecule has 0 radical (unpaired) electrons. The van der Waals surface area contributed by atoms with Crippen LogP contribution in [0, 0.1) is 0 Å². The maximum atomic E-state index is 12.8. The second-order valence-corrected chi connectivity index (χ2v) is 24.9. The van der Waals surface area contributed by atoms with Crippen molar-refractivity contribution in [3.8, 4) is 0 Å². The van der Waals surface area contributed by atoms with Crippen molar-refractivity contribution in [3.05, 3.63) is 109 Å². The molecule has 0 aromatic carbocycles. The fourth-order valence-electron chi connectivity index (χ4n) is 9.21. The van der Waals surface area contributed by atoms with Crippen molar-refractivity contribution in [1.29, 1.82) is 0 Å². The van der Waals surface area contributed by atoms with Crippen LogP contribution in [-0.4, -0.2) is 74.9 Å². The van der Waals surface area contributed by atoms with E-state index < -0.39 is 26.5 Å². The summed E-state index contributed by atoms with van der Waals surface area (Å²) in [7, 11) is 1.45. The molecule has 9 nitrogen and oxygen atoms in total. The predicted octanol–water partition coefficient (Wildman–Crippen LogP) is 21.7. The molecule has 0 aliphatic heterocycles. The predicted molar refractivity (Wildman–Crippen MR) is 353 cm³/mol. The molecule has 0 aromatic heterocycles. The lowest BCUT2D eigenvalue weighted by molar-refractivity contribution is -0.870. The summed E-state index contributed by atoms with van der Waals surface area (Å²) in [5.74, 6) is -0.831. The minimum Gasteiger partial charge on any atom is -0.462 e. The molecular weight excluding hydrogens is 1040 g/mol. The standard InChI is InChI=1S/C72H126NO8P/c1-6-8-10-12-14-16-18-20-22-24-26-27-28-29-30-31-32-33-34-35-36-37-38-39-40-41-42-43-44-45-47-48-50-52-54-56-58-60-62-64-71(74)78-68-70(69-80-82(76,77)79-67-66-73(3,4)5)81-72(75)65-63-61-59-57-55-53-51-49-46-25-23-21-19-17-15-13-11-9-7-2/h8-11,14-17,20-23,26-27,46,49,53,55,70H,6-7,12-13,18-19,24-25,28-45,47-48,50-52,54,56-69H2,1-5H3/p+1/b10-8-,11-9-,16-14-,17-15-,22-20-,23-21-,27-26-,49-46-,55-53-. The second-order valence-electron chi connectivity index (χ2n) is 23.4. The number of hydrogen-bond acceptors (Lipinski definition) is 7. The zero-order valence-electron chi connectivity index (χ0n) is 53.7. The van der Waals surface area contributed by atoms with Gasteiger partial charge in [-0.3, -0.25) is 18.6 Å². The van der Waals surface area contributed by atoms with Gasteiger partial charge in [-0.25, -0.2) is 4.57 Å². The van der Waals surface area contributed by atoms with Gasteiger partial charge in [-0.1, -0.05) is 284 Å². The van der Waals surface area contributed by atoms with E-state index in [0.29, 0.717) is 17.4 Å². The Labute approximate surface area is 506 Å². The third-order valence-electron chi connectivity index (χ3n) is 14.3. The van der Waals surface area contributed by atoms with Crippen molar-refractivity contribution in [1.82, 2.24) is 0 Å². The van der Waals surface area contributed by atoms with E-state index in [4.69, 9.17) is 18.5 Å². The van der Waals surface area contributed by atoms with Crippen LogP contribution in [0.5, 0.6) is 0 Å². The molecule has 0 amide bonds. The minimum atomic E-state index is -4.40. The normalized spacial score (nSPS) is 13.9. The summed E-state index contributed by atoms with van der Waals surface area (Å²) in [4.78, 5) is 35.8. The fraction of sp³-hybridized carbons (Fsp3) is 0.722. The SMILES string of the molecule is CC/C=C\C/C=C\C/C=C\C/C=C\C/C=C\CCCCCC(=O)OC(COC(=O)CCCCCCCCCCCCCCCCCCCCCCCCCCCC/C=C\C/C=C\C/C=C\C/C=C\CC)COP(=O)(O)OCC[N+](C)(C)C. The molecule has 0 fully saturated rings. The molecule has 2 atom stereocenters. The van der Waals surface area contributed by atoms with Crippen molar-refractivity contribution in [2.45, 2.75) is 290 Å². The Morgan fingerprint density at radius 2 is 0.659 bits per heavy atom. The number of esters is 2. The van der Waals surface area contributed by atoms with E-state index in [-0.39, 0.29) is 32.0 Å². The first-order valence-electron chi connectivity index (χ1n) is 33.6. The van der Waals surface area contributed by atoms with Crippen LogP contribution in [0.15, 0.2) is 109 Å². The molecule has 0 bridgehead atoms. The van der Waals surface area contributed by atoms with Crippen LogP contribution in [-0.2, 0) is 32.7 Å². The van der Waals surface area contributed by atoms with Crippen molar-refractivity contribution in [2.75, 3.05) is 47.5 Å². The second kappa shape index (κ2) is 62.2. The van der Waals surface area contributed by atoms with Gasteiger partial charge in [0.25, 0.3) is 0 Å². The number of carbonyl (C=O) groups excluding carboxylic acids is 2. The van der Waals surface area contributed by atoms with Gasteiger partial charge in [0.1, 0.15) is 19.8 Å². The Bertz CT molecular complexity index is 1750. The number of phosphoric acid groups is 1. The average molecular weight is 1170 g/mol. The number of quaternary nitrogens is 1. The fourth-order valence-corrected chi connectivity index (χ4v) is 9.95. The lowest BCUT2D eigenvalue weighted by Crippen LogP contribution is -2.37. The van der Waals surface area contributed by atoms with Crippen LogP contribution in [0.25, 0.3) is 0 Å². The van der Waals surface area contributed by atoms with Gasteiger partial charge in [0.05, 0.1) is 27.7 Å².